The Morgan fingerprint density at radius 3 is 1.87 bits per heavy atom. The highest BCUT2D eigenvalue weighted by atomic mass is 16.6. The first-order chi connectivity index (χ1) is 7.13. The fourth-order valence-corrected chi connectivity index (χ4v) is 0.737. The van der Waals surface area contributed by atoms with E-state index in [0.717, 1.165) is 0 Å². The van der Waals surface area contributed by atoms with Crippen LogP contribution in [0, 0.1) is 0 Å². The molecule has 15 heavy (non-hydrogen) atoms. The van der Waals surface area contributed by atoms with E-state index in [1.54, 1.807) is 0 Å². The molecule has 0 aliphatic rings. The molecule has 0 amide bonds. The van der Waals surface area contributed by atoms with E-state index in [4.69, 9.17) is 5.73 Å². The van der Waals surface area contributed by atoms with Crippen LogP contribution >= 0.6 is 0 Å². The van der Waals surface area contributed by atoms with Crippen molar-refractivity contribution < 1.29 is 4.63 Å². The zero-order valence-corrected chi connectivity index (χ0v) is 10.9. The van der Waals surface area contributed by atoms with Crippen LogP contribution in [0.2, 0.25) is 0 Å². The molecule has 0 radical (unpaired) electrons. The van der Waals surface area contributed by atoms with Crippen LogP contribution in [0.25, 0.3) is 0 Å². The van der Waals surface area contributed by atoms with Crippen molar-refractivity contribution in [2.24, 2.45) is 0 Å². The summed E-state index contributed by atoms with van der Waals surface area (Å²) in [7, 11) is 3.89. The molecule has 1 aromatic heterocycles. The fraction of sp³-hybridized carbons (Fsp3) is 0.800. The van der Waals surface area contributed by atoms with Gasteiger partial charge in [-0.25, -0.2) is 4.63 Å². The van der Waals surface area contributed by atoms with Crippen LogP contribution in [0.5, 0.6) is 0 Å². The summed E-state index contributed by atoms with van der Waals surface area (Å²) in [5.74, 6) is 0.367. The average molecular weight is 216 g/mol. The number of nitrogens with two attached hydrogens (primary N) is 1. The summed E-state index contributed by atoms with van der Waals surface area (Å²) >= 11 is 0. The van der Waals surface area contributed by atoms with Crippen LogP contribution in [0.15, 0.2) is 4.63 Å². The van der Waals surface area contributed by atoms with Crippen molar-refractivity contribution in [3.05, 3.63) is 5.69 Å². The van der Waals surface area contributed by atoms with E-state index in [0.29, 0.717) is 11.5 Å². The minimum absolute atomic E-state index is 0.140. The molecule has 0 spiro atoms. The van der Waals surface area contributed by atoms with Gasteiger partial charge in [0.2, 0.25) is 0 Å². The largest absolute Gasteiger partial charge is 0.379 e. The SMILES string of the molecule is CC.CC.CC(c1nonc1N)N(C)C. The molecule has 1 aromatic rings. The quantitative estimate of drug-likeness (QED) is 0.821. The number of hydrogen-bond donors (Lipinski definition) is 1. The van der Waals surface area contributed by atoms with Crippen molar-refractivity contribution in [1.82, 2.24) is 15.2 Å². The fourth-order valence-electron chi connectivity index (χ4n) is 0.737. The van der Waals surface area contributed by atoms with Crippen molar-refractivity contribution in [1.29, 1.82) is 0 Å². The second-order valence-corrected chi connectivity index (χ2v) is 2.67. The van der Waals surface area contributed by atoms with Gasteiger partial charge in [0.05, 0.1) is 6.04 Å². The predicted molar refractivity (Wildman–Crippen MR) is 63.5 cm³/mol. The Bertz CT molecular complexity index is 235. The maximum absolute atomic E-state index is 5.49. The molecular weight excluding hydrogens is 192 g/mol. The van der Waals surface area contributed by atoms with E-state index in [1.165, 1.54) is 0 Å². The van der Waals surface area contributed by atoms with Crippen LogP contribution in [-0.4, -0.2) is 29.3 Å². The minimum Gasteiger partial charge on any atom is -0.379 e. The Morgan fingerprint density at radius 1 is 1.13 bits per heavy atom. The molecule has 0 saturated heterocycles. The van der Waals surface area contributed by atoms with E-state index >= 15 is 0 Å². The maximum Gasteiger partial charge on any atom is 0.193 e. The smallest absolute Gasteiger partial charge is 0.193 e. The van der Waals surface area contributed by atoms with Crippen molar-refractivity contribution >= 4 is 5.82 Å². The molecule has 0 aromatic carbocycles. The van der Waals surface area contributed by atoms with E-state index in [2.05, 4.69) is 14.9 Å². The molecule has 5 nitrogen and oxygen atoms in total. The molecule has 5 heteroatoms. The zero-order valence-electron chi connectivity index (χ0n) is 10.9. The van der Waals surface area contributed by atoms with Crippen molar-refractivity contribution in [2.75, 3.05) is 19.8 Å². The molecule has 2 N–H and O–H groups in total. The summed E-state index contributed by atoms with van der Waals surface area (Å²) in [6, 6.07) is 0.140. The van der Waals surface area contributed by atoms with Crippen LogP contribution in [-0.2, 0) is 0 Å². The lowest BCUT2D eigenvalue weighted by molar-refractivity contribution is 0.274. The first kappa shape index (κ1) is 16.3. The highest BCUT2D eigenvalue weighted by Gasteiger charge is 2.15. The molecule has 0 aliphatic carbocycles. The summed E-state index contributed by atoms with van der Waals surface area (Å²) in [6.07, 6.45) is 0. The number of rotatable bonds is 2. The minimum atomic E-state index is 0.140. The van der Waals surface area contributed by atoms with Gasteiger partial charge >= 0.3 is 0 Å². The number of nitrogen functional groups attached to an aromatic ring is 1. The molecular formula is C10H24N4O. The van der Waals surface area contributed by atoms with Crippen LogP contribution in [0.1, 0.15) is 46.4 Å². The third kappa shape index (κ3) is 5.37. The first-order valence-electron chi connectivity index (χ1n) is 5.37. The van der Waals surface area contributed by atoms with Crippen LogP contribution in [0.4, 0.5) is 5.82 Å². The van der Waals surface area contributed by atoms with Gasteiger partial charge in [-0.15, -0.1) is 0 Å². The van der Waals surface area contributed by atoms with Gasteiger partial charge in [0.25, 0.3) is 0 Å². The topological polar surface area (TPSA) is 68.2 Å². The average Bonchev–Trinajstić information content (AvgIpc) is 2.69. The third-order valence-electron chi connectivity index (χ3n) is 1.71. The van der Waals surface area contributed by atoms with Crippen molar-refractivity contribution in [2.45, 2.75) is 40.7 Å². The lowest BCUT2D eigenvalue weighted by Crippen LogP contribution is -2.18. The van der Waals surface area contributed by atoms with Crippen LogP contribution in [0.3, 0.4) is 0 Å². The molecule has 1 heterocycles. The highest BCUT2D eigenvalue weighted by molar-refractivity contribution is 5.33. The Morgan fingerprint density at radius 2 is 1.60 bits per heavy atom. The molecule has 0 aliphatic heterocycles. The van der Waals surface area contributed by atoms with Gasteiger partial charge in [-0.05, 0) is 26.2 Å². The lowest BCUT2D eigenvalue weighted by Gasteiger charge is -2.16. The van der Waals surface area contributed by atoms with Gasteiger partial charge in [0, 0.05) is 0 Å². The molecule has 90 valence electrons. The summed E-state index contributed by atoms with van der Waals surface area (Å²) in [4.78, 5) is 1.98. The Hall–Kier alpha value is -1.10. The summed E-state index contributed by atoms with van der Waals surface area (Å²) < 4.78 is 4.46. The molecule has 1 rings (SSSR count). The Kier molecular flexibility index (Phi) is 10.3. The number of aromatic nitrogens is 2. The van der Waals surface area contributed by atoms with E-state index in [-0.39, 0.29) is 6.04 Å². The van der Waals surface area contributed by atoms with E-state index in [1.807, 2.05) is 53.6 Å². The van der Waals surface area contributed by atoms with Gasteiger partial charge in [0.1, 0.15) is 5.69 Å². The molecule has 0 bridgehead atoms. The lowest BCUT2D eigenvalue weighted by atomic mass is 10.2. The highest BCUT2D eigenvalue weighted by Crippen LogP contribution is 2.18. The van der Waals surface area contributed by atoms with Crippen molar-refractivity contribution in [3.63, 3.8) is 0 Å². The molecule has 1 unspecified atom stereocenters. The predicted octanol–water partition coefficient (Wildman–Crippen LogP) is 2.33. The standard InChI is InChI=1S/C6H12N4O.2C2H6/c1-4(10(2)3)5-6(7)9-11-8-5;2*1-2/h4H,1-3H3,(H2,7,9);2*1-2H3. The number of hydrogen-bond acceptors (Lipinski definition) is 5. The number of anilines is 1. The van der Waals surface area contributed by atoms with Crippen LogP contribution < -0.4 is 5.73 Å². The maximum atomic E-state index is 5.49. The summed E-state index contributed by atoms with van der Waals surface area (Å²) in [5.41, 5.74) is 6.18. The number of nitrogens with zero attached hydrogens (tertiary/aromatic N) is 3. The molecule has 0 saturated carbocycles. The Labute approximate surface area is 92.6 Å². The summed E-state index contributed by atoms with van der Waals surface area (Å²) in [6.45, 7) is 9.98. The zero-order chi connectivity index (χ0) is 12.4. The third-order valence-corrected chi connectivity index (χ3v) is 1.71. The summed E-state index contributed by atoms with van der Waals surface area (Å²) in [5, 5.41) is 7.17. The Balaban J connectivity index is 0. The molecule has 0 fully saturated rings. The van der Waals surface area contributed by atoms with Crippen molar-refractivity contribution in [3.8, 4) is 0 Å². The van der Waals surface area contributed by atoms with Gasteiger partial charge in [-0.1, -0.05) is 32.9 Å². The second-order valence-electron chi connectivity index (χ2n) is 2.67. The normalized spacial score (nSPS) is 10.9. The van der Waals surface area contributed by atoms with Gasteiger partial charge < -0.3 is 10.6 Å². The van der Waals surface area contributed by atoms with Gasteiger partial charge in [-0.3, -0.25) is 0 Å². The molecule has 1 atom stereocenters. The monoisotopic (exact) mass is 216 g/mol. The second kappa shape index (κ2) is 9.45. The first-order valence-corrected chi connectivity index (χ1v) is 5.37. The van der Waals surface area contributed by atoms with Gasteiger partial charge in [0.15, 0.2) is 5.82 Å². The van der Waals surface area contributed by atoms with E-state index in [9.17, 15) is 0 Å². The van der Waals surface area contributed by atoms with E-state index < -0.39 is 0 Å². The van der Waals surface area contributed by atoms with Gasteiger partial charge in [-0.2, -0.15) is 0 Å².